The third-order valence-corrected chi connectivity index (χ3v) is 5.57. The number of para-hydroxylation sites is 1. The van der Waals surface area contributed by atoms with E-state index >= 15 is 0 Å². The zero-order valence-corrected chi connectivity index (χ0v) is 15.4. The predicted octanol–water partition coefficient (Wildman–Crippen LogP) is 1.35. The van der Waals surface area contributed by atoms with Gasteiger partial charge in [0.2, 0.25) is 0 Å². The minimum absolute atomic E-state index is 0.00387. The van der Waals surface area contributed by atoms with Gasteiger partial charge in [0.05, 0.1) is 11.5 Å². The van der Waals surface area contributed by atoms with Crippen molar-refractivity contribution in [3.05, 3.63) is 64.7 Å². The van der Waals surface area contributed by atoms with Crippen LogP contribution in [0.2, 0.25) is 0 Å². The van der Waals surface area contributed by atoms with Gasteiger partial charge >= 0.3 is 13.1 Å². The maximum atomic E-state index is 12.7. The van der Waals surface area contributed by atoms with Gasteiger partial charge in [-0.25, -0.2) is 4.79 Å². The van der Waals surface area contributed by atoms with Gasteiger partial charge in [-0.2, -0.15) is 0 Å². The molecule has 1 amide bonds. The third kappa shape index (κ3) is 3.25. The molecule has 144 valence electrons. The van der Waals surface area contributed by atoms with Crippen molar-refractivity contribution in [2.75, 3.05) is 7.05 Å². The van der Waals surface area contributed by atoms with Crippen molar-refractivity contribution in [1.29, 1.82) is 0 Å². The first-order valence-corrected chi connectivity index (χ1v) is 9.24. The first-order chi connectivity index (χ1) is 13.4. The van der Waals surface area contributed by atoms with Gasteiger partial charge in [0.1, 0.15) is 5.75 Å². The SMILES string of the molecule is CNC1(c2cccc(C(=O)N[C@H]3Cc4cccc(C(=O)O)c4OB3O)c2)CC1. The highest BCUT2D eigenvalue weighted by atomic mass is 16.5. The average molecular weight is 380 g/mol. The zero-order valence-electron chi connectivity index (χ0n) is 15.4. The van der Waals surface area contributed by atoms with Crippen LogP contribution in [-0.2, 0) is 12.0 Å². The number of benzene rings is 2. The fourth-order valence-corrected chi connectivity index (χ4v) is 3.73. The molecule has 1 saturated carbocycles. The summed E-state index contributed by atoms with van der Waals surface area (Å²) in [5, 5.41) is 25.7. The molecule has 0 radical (unpaired) electrons. The van der Waals surface area contributed by atoms with Crippen LogP contribution in [0.15, 0.2) is 42.5 Å². The monoisotopic (exact) mass is 380 g/mol. The molecule has 2 aromatic carbocycles. The Balaban J connectivity index is 1.52. The van der Waals surface area contributed by atoms with E-state index in [0.29, 0.717) is 11.1 Å². The number of hydrogen-bond donors (Lipinski definition) is 4. The third-order valence-electron chi connectivity index (χ3n) is 5.57. The zero-order chi connectivity index (χ0) is 19.9. The predicted molar refractivity (Wildman–Crippen MR) is 103 cm³/mol. The number of aromatic carboxylic acids is 1. The van der Waals surface area contributed by atoms with Crippen molar-refractivity contribution in [3.63, 3.8) is 0 Å². The van der Waals surface area contributed by atoms with Crippen LogP contribution in [0, 0.1) is 0 Å². The number of carbonyl (C=O) groups is 2. The van der Waals surface area contributed by atoms with Crippen molar-refractivity contribution >= 4 is 19.0 Å². The summed E-state index contributed by atoms with van der Waals surface area (Å²) < 4.78 is 5.43. The van der Waals surface area contributed by atoms with Crippen molar-refractivity contribution in [2.45, 2.75) is 30.7 Å². The van der Waals surface area contributed by atoms with Crippen LogP contribution < -0.4 is 15.3 Å². The summed E-state index contributed by atoms with van der Waals surface area (Å²) in [6.45, 7) is 0. The Morgan fingerprint density at radius 3 is 2.64 bits per heavy atom. The van der Waals surface area contributed by atoms with Crippen molar-refractivity contribution < 1.29 is 24.4 Å². The molecule has 1 aliphatic heterocycles. The number of carboxylic acids is 1. The van der Waals surface area contributed by atoms with E-state index in [-0.39, 0.29) is 29.2 Å². The van der Waals surface area contributed by atoms with Gasteiger partial charge in [-0.15, -0.1) is 0 Å². The van der Waals surface area contributed by atoms with E-state index < -0.39 is 19.0 Å². The summed E-state index contributed by atoms with van der Waals surface area (Å²) >= 11 is 0. The molecule has 0 spiro atoms. The largest absolute Gasteiger partial charge is 0.547 e. The van der Waals surface area contributed by atoms with Gasteiger partial charge in [0.15, 0.2) is 0 Å². The Labute approximate surface area is 162 Å². The second kappa shape index (κ2) is 6.96. The number of hydrogen-bond acceptors (Lipinski definition) is 5. The first kappa shape index (κ1) is 18.5. The van der Waals surface area contributed by atoms with E-state index in [9.17, 15) is 19.7 Å². The maximum absolute atomic E-state index is 12.7. The van der Waals surface area contributed by atoms with Crippen LogP contribution in [0.5, 0.6) is 5.75 Å². The molecule has 0 saturated heterocycles. The van der Waals surface area contributed by atoms with Crippen LogP contribution in [0.25, 0.3) is 0 Å². The lowest BCUT2D eigenvalue weighted by molar-refractivity contribution is 0.0693. The molecule has 28 heavy (non-hydrogen) atoms. The molecular formula is C20H21BN2O5. The van der Waals surface area contributed by atoms with E-state index in [1.54, 1.807) is 18.2 Å². The molecule has 2 aromatic rings. The summed E-state index contributed by atoms with van der Waals surface area (Å²) in [4.78, 5) is 24.1. The van der Waals surface area contributed by atoms with Crippen molar-refractivity contribution in [3.8, 4) is 5.75 Å². The summed E-state index contributed by atoms with van der Waals surface area (Å²) in [6.07, 6.45) is 2.35. The van der Waals surface area contributed by atoms with Crippen LogP contribution in [0.1, 0.15) is 44.7 Å². The molecule has 2 aliphatic rings. The number of nitrogens with one attached hydrogen (secondary N) is 2. The summed E-state index contributed by atoms with van der Waals surface area (Å²) in [5.41, 5.74) is 2.17. The fourth-order valence-electron chi connectivity index (χ4n) is 3.73. The fraction of sp³-hybridized carbons (Fsp3) is 0.300. The highest BCUT2D eigenvalue weighted by Gasteiger charge is 2.43. The second-order valence-electron chi connectivity index (χ2n) is 7.30. The minimum Gasteiger partial charge on any atom is -0.534 e. The van der Waals surface area contributed by atoms with Crippen molar-refractivity contribution in [2.24, 2.45) is 0 Å². The Bertz CT molecular complexity index is 944. The number of rotatable bonds is 5. The number of carboxylic acid groups (broad SMARTS) is 1. The Hall–Kier alpha value is -2.84. The van der Waals surface area contributed by atoms with Gasteiger partial charge in [0.25, 0.3) is 5.91 Å². The molecule has 1 aliphatic carbocycles. The molecule has 0 aromatic heterocycles. The van der Waals surface area contributed by atoms with Crippen LogP contribution in [0.4, 0.5) is 0 Å². The van der Waals surface area contributed by atoms with Gasteiger partial charge in [-0.05, 0) is 55.6 Å². The lowest BCUT2D eigenvalue weighted by atomic mass is 9.72. The molecule has 1 heterocycles. The number of amides is 1. The van der Waals surface area contributed by atoms with Crippen LogP contribution in [-0.4, -0.2) is 42.1 Å². The molecule has 1 atom stereocenters. The molecule has 0 unspecified atom stereocenters. The number of carbonyl (C=O) groups excluding carboxylic acids is 1. The lowest BCUT2D eigenvalue weighted by Crippen LogP contribution is -2.53. The first-order valence-electron chi connectivity index (χ1n) is 9.24. The highest BCUT2D eigenvalue weighted by Crippen LogP contribution is 2.45. The summed E-state index contributed by atoms with van der Waals surface area (Å²) in [6, 6.07) is 12.2. The van der Waals surface area contributed by atoms with Crippen molar-refractivity contribution in [1.82, 2.24) is 10.6 Å². The quantitative estimate of drug-likeness (QED) is 0.584. The molecule has 7 nitrogen and oxygen atoms in total. The molecule has 4 rings (SSSR count). The van der Waals surface area contributed by atoms with E-state index in [1.165, 1.54) is 6.07 Å². The van der Waals surface area contributed by atoms with Crippen LogP contribution in [0.3, 0.4) is 0 Å². The smallest absolute Gasteiger partial charge is 0.534 e. The topological polar surface area (TPSA) is 108 Å². The standard InChI is InChI=1S/C20H21BN2O5/c1-22-20(8-9-20)14-6-2-5-13(10-14)18(24)23-16-11-12-4-3-7-15(19(25)26)17(12)28-21(16)27/h2-7,10,16,22,27H,8-9,11H2,1H3,(H,23,24)(H,25,26)/t16-/m0/s1. The molecule has 1 fully saturated rings. The van der Waals surface area contributed by atoms with E-state index in [0.717, 1.165) is 18.4 Å². The average Bonchev–Trinajstić information content (AvgIpc) is 3.49. The summed E-state index contributed by atoms with van der Waals surface area (Å²) in [5.74, 6) is -1.95. The second-order valence-corrected chi connectivity index (χ2v) is 7.30. The Morgan fingerprint density at radius 2 is 1.96 bits per heavy atom. The molecule has 0 bridgehead atoms. The van der Waals surface area contributed by atoms with E-state index in [2.05, 4.69) is 10.6 Å². The number of fused-ring (bicyclic) bond motifs is 1. The normalized spacial score (nSPS) is 19.4. The van der Waals surface area contributed by atoms with Gasteiger partial charge < -0.3 is 25.4 Å². The lowest BCUT2D eigenvalue weighted by Gasteiger charge is -2.29. The van der Waals surface area contributed by atoms with Gasteiger partial charge in [-0.3, -0.25) is 4.79 Å². The Kier molecular flexibility index (Phi) is 4.60. The molecule has 4 N–H and O–H groups in total. The van der Waals surface area contributed by atoms with E-state index in [1.807, 2.05) is 25.2 Å². The minimum atomic E-state index is -1.33. The Morgan fingerprint density at radius 1 is 1.21 bits per heavy atom. The van der Waals surface area contributed by atoms with E-state index in [4.69, 9.17) is 4.65 Å². The van der Waals surface area contributed by atoms with Crippen LogP contribution >= 0.6 is 0 Å². The molecular weight excluding hydrogens is 359 g/mol. The highest BCUT2D eigenvalue weighted by molar-refractivity contribution is 6.47. The maximum Gasteiger partial charge on any atom is 0.547 e. The summed E-state index contributed by atoms with van der Waals surface area (Å²) in [7, 11) is 0.588. The van der Waals surface area contributed by atoms with Gasteiger partial charge in [-0.1, -0.05) is 24.3 Å². The van der Waals surface area contributed by atoms with Gasteiger partial charge in [0, 0.05) is 11.1 Å². The molecule has 8 heteroatoms.